The van der Waals surface area contributed by atoms with E-state index in [4.69, 9.17) is 9.94 Å². The van der Waals surface area contributed by atoms with Crippen molar-refractivity contribution >= 4 is 11.9 Å². The van der Waals surface area contributed by atoms with Crippen molar-refractivity contribution in [3.05, 3.63) is 35.9 Å². The largest absolute Gasteiger partial charge is 0.480 e. The van der Waals surface area contributed by atoms with Crippen molar-refractivity contribution in [3.8, 4) is 0 Å². The van der Waals surface area contributed by atoms with Crippen LogP contribution < -0.4 is 0 Å². The maximum Gasteiger partial charge on any atom is 0.357 e. The number of carbonyl (C=O) groups is 2. The molecule has 6 heteroatoms. The molecule has 1 aromatic carbocycles. The number of carboxylic acid groups (broad SMARTS) is 1. The molecule has 1 aromatic rings. The number of aliphatic hydroxyl groups excluding tert-OH is 1. The van der Waals surface area contributed by atoms with Crippen LogP contribution in [0, 0.1) is 0 Å². The Hall–Kier alpha value is -1.92. The summed E-state index contributed by atoms with van der Waals surface area (Å²) in [7, 11) is 0. The average molecular weight is 251 g/mol. The second-order valence-electron chi connectivity index (χ2n) is 4.02. The van der Waals surface area contributed by atoms with Crippen LogP contribution in [0.2, 0.25) is 0 Å². The van der Waals surface area contributed by atoms with Crippen LogP contribution in [0.4, 0.5) is 0 Å². The van der Waals surface area contributed by atoms with Crippen LogP contribution in [0.15, 0.2) is 30.3 Å². The zero-order valence-corrected chi connectivity index (χ0v) is 9.52. The normalized spacial score (nSPS) is 23.8. The molecule has 0 saturated carbocycles. The number of carboxylic acids is 1. The summed E-state index contributed by atoms with van der Waals surface area (Å²) in [6.07, 6.45) is -0.759. The third-order valence-electron chi connectivity index (χ3n) is 2.78. The molecule has 1 aliphatic heterocycles. The first-order valence-electron chi connectivity index (χ1n) is 5.54. The zero-order chi connectivity index (χ0) is 13.1. The summed E-state index contributed by atoms with van der Waals surface area (Å²) in [5, 5.41) is 19.5. The number of hydroxylamine groups is 2. The Morgan fingerprint density at radius 1 is 1.28 bits per heavy atom. The summed E-state index contributed by atoms with van der Waals surface area (Å²) >= 11 is 0. The zero-order valence-electron chi connectivity index (χ0n) is 9.52. The van der Waals surface area contributed by atoms with E-state index >= 15 is 0 Å². The summed E-state index contributed by atoms with van der Waals surface area (Å²) in [6, 6.07) is 7.08. The van der Waals surface area contributed by atoms with Gasteiger partial charge in [-0.1, -0.05) is 18.2 Å². The second kappa shape index (κ2) is 5.16. The maximum atomic E-state index is 11.7. The average Bonchev–Trinajstić information content (AvgIpc) is 2.71. The van der Waals surface area contributed by atoms with Gasteiger partial charge in [-0.2, -0.15) is 0 Å². The minimum Gasteiger partial charge on any atom is -0.480 e. The molecule has 1 fully saturated rings. The van der Waals surface area contributed by atoms with Crippen LogP contribution >= 0.6 is 0 Å². The molecule has 0 aliphatic carbocycles. The van der Waals surface area contributed by atoms with Crippen molar-refractivity contribution in [1.29, 1.82) is 0 Å². The first-order valence-corrected chi connectivity index (χ1v) is 5.54. The fourth-order valence-electron chi connectivity index (χ4n) is 1.87. The molecule has 2 N–H and O–H groups in total. The van der Waals surface area contributed by atoms with Crippen molar-refractivity contribution in [2.75, 3.05) is 6.54 Å². The van der Waals surface area contributed by atoms with Crippen LogP contribution in [0.25, 0.3) is 0 Å². The molecular weight excluding hydrogens is 238 g/mol. The lowest BCUT2D eigenvalue weighted by Gasteiger charge is -2.20. The van der Waals surface area contributed by atoms with E-state index in [2.05, 4.69) is 0 Å². The SMILES string of the molecule is O=C(ON1CC[C@H](O)[C@H]1C(=O)O)c1ccccc1. The molecule has 0 aromatic heterocycles. The van der Waals surface area contributed by atoms with Gasteiger partial charge >= 0.3 is 11.9 Å². The Balaban J connectivity index is 2.06. The van der Waals surface area contributed by atoms with E-state index < -0.39 is 24.1 Å². The monoisotopic (exact) mass is 251 g/mol. The summed E-state index contributed by atoms with van der Waals surface area (Å²) in [4.78, 5) is 27.7. The summed E-state index contributed by atoms with van der Waals surface area (Å²) in [6.45, 7) is 0.205. The minimum absolute atomic E-state index is 0.205. The molecule has 1 heterocycles. The molecule has 1 aliphatic rings. The summed E-state index contributed by atoms with van der Waals surface area (Å²) < 4.78 is 0. The van der Waals surface area contributed by atoms with Gasteiger partial charge in [0.1, 0.15) is 0 Å². The fraction of sp³-hybridized carbons (Fsp3) is 0.333. The molecule has 0 spiro atoms. The van der Waals surface area contributed by atoms with Gasteiger partial charge in [0.25, 0.3) is 0 Å². The van der Waals surface area contributed by atoms with Gasteiger partial charge in [-0.05, 0) is 18.6 Å². The van der Waals surface area contributed by atoms with Gasteiger partial charge in [0.2, 0.25) is 0 Å². The van der Waals surface area contributed by atoms with Crippen LogP contribution in [-0.2, 0) is 9.63 Å². The molecule has 2 rings (SSSR count). The van der Waals surface area contributed by atoms with E-state index in [1.54, 1.807) is 30.3 Å². The number of hydrogen-bond acceptors (Lipinski definition) is 5. The van der Waals surface area contributed by atoms with E-state index in [9.17, 15) is 14.7 Å². The van der Waals surface area contributed by atoms with Crippen LogP contribution in [0.5, 0.6) is 0 Å². The predicted octanol–water partition coefficient (Wildman–Crippen LogP) is 0.278. The van der Waals surface area contributed by atoms with E-state index in [1.165, 1.54) is 0 Å². The number of aliphatic carboxylic acids is 1. The lowest BCUT2D eigenvalue weighted by molar-refractivity contribution is -0.168. The lowest BCUT2D eigenvalue weighted by Crippen LogP contribution is -2.42. The van der Waals surface area contributed by atoms with Gasteiger partial charge in [-0.3, -0.25) is 4.79 Å². The minimum atomic E-state index is -1.21. The van der Waals surface area contributed by atoms with Gasteiger partial charge in [0.05, 0.1) is 11.7 Å². The molecule has 0 unspecified atom stereocenters. The molecule has 18 heavy (non-hydrogen) atoms. The number of carbonyl (C=O) groups excluding carboxylic acids is 1. The standard InChI is InChI=1S/C12H13NO5/c14-9-6-7-13(10(9)11(15)16)18-12(17)8-4-2-1-3-5-8/h1-5,9-10,14H,6-7H2,(H,15,16)/t9-,10-/m0/s1. The highest BCUT2D eigenvalue weighted by molar-refractivity contribution is 5.89. The van der Waals surface area contributed by atoms with E-state index in [0.717, 1.165) is 5.06 Å². The molecule has 6 nitrogen and oxygen atoms in total. The summed E-state index contributed by atoms with van der Waals surface area (Å²) in [5.41, 5.74) is 0.336. The van der Waals surface area contributed by atoms with Crippen LogP contribution in [0.1, 0.15) is 16.8 Å². The van der Waals surface area contributed by atoms with E-state index in [-0.39, 0.29) is 13.0 Å². The topological polar surface area (TPSA) is 87.1 Å². The van der Waals surface area contributed by atoms with Crippen LogP contribution in [0.3, 0.4) is 0 Å². The Morgan fingerprint density at radius 2 is 1.94 bits per heavy atom. The van der Waals surface area contributed by atoms with Crippen molar-refractivity contribution in [1.82, 2.24) is 5.06 Å². The molecule has 2 atom stereocenters. The van der Waals surface area contributed by atoms with Crippen molar-refractivity contribution in [3.63, 3.8) is 0 Å². The Morgan fingerprint density at radius 3 is 2.56 bits per heavy atom. The van der Waals surface area contributed by atoms with Gasteiger partial charge in [0.15, 0.2) is 6.04 Å². The van der Waals surface area contributed by atoms with Gasteiger partial charge in [0, 0.05) is 6.54 Å². The van der Waals surface area contributed by atoms with E-state index in [0.29, 0.717) is 5.56 Å². The first kappa shape index (κ1) is 12.5. The van der Waals surface area contributed by atoms with Crippen LogP contribution in [-0.4, -0.2) is 45.9 Å². The highest BCUT2D eigenvalue weighted by atomic mass is 16.7. The number of benzene rings is 1. The third-order valence-corrected chi connectivity index (χ3v) is 2.78. The molecule has 96 valence electrons. The lowest BCUT2D eigenvalue weighted by atomic mass is 10.2. The number of hydrogen-bond donors (Lipinski definition) is 2. The fourth-order valence-corrected chi connectivity index (χ4v) is 1.87. The van der Waals surface area contributed by atoms with Crippen molar-refractivity contribution in [2.24, 2.45) is 0 Å². The smallest absolute Gasteiger partial charge is 0.357 e. The quantitative estimate of drug-likeness (QED) is 0.802. The molecule has 0 radical (unpaired) electrons. The van der Waals surface area contributed by atoms with Gasteiger partial charge < -0.3 is 15.1 Å². The second-order valence-corrected chi connectivity index (χ2v) is 4.02. The van der Waals surface area contributed by atoms with Crippen molar-refractivity contribution < 1.29 is 24.6 Å². The number of nitrogens with zero attached hydrogens (tertiary/aromatic N) is 1. The Bertz CT molecular complexity index is 447. The van der Waals surface area contributed by atoms with E-state index in [1.807, 2.05) is 0 Å². The highest BCUT2D eigenvalue weighted by Crippen LogP contribution is 2.19. The van der Waals surface area contributed by atoms with Crippen molar-refractivity contribution in [2.45, 2.75) is 18.6 Å². The van der Waals surface area contributed by atoms with Gasteiger partial charge in [-0.25, -0.2) is 4.79 Å². The maximum absolute atomic E-state index is 11.7. The molecule has 0 bridgehead atoms. The molecular formula is C12H13NO5. The Kier molecular flexibility index (Phi) is 3.59. The Labute approximate surface area is 103 Å². The highest BCUT2D eigenvalue weighted by Gasteiger charge is 2.41. The number of rotatable bonds is 3. The summed E-state index contributed by atoms with van der Waals surface area (Å²) in [5.74, 6) is -1.84. The molecule has 1 saturated heterocycles. The predicted molar refractivity (Wildman–Crippen MR) is 60.6 cm³/mol. The molecule has 0 amide bonds. The number of aliphatic hydroxyl groups is 1. The third kappa shape index (κ3) is 2.49. The van der Waals surface area contributed by atoms with Gasteiger partial charge in [-0.15, -0.1) is 5.06 Å². The first-order chi connectivity index (χ1) is 8.59.